The van der Waals surface area contributed by atoms with Crippen LogP contribution in [0.1, 0.15) is 36.0 Å². The van der Waals surface area contributed by atoms with Crippen LogP contribution in [0.4, 0.5) is 5.69 Å². The van der Waals surface area contributed by atoms with Gasteiger partial charge < -0.3 is 4.74 Å². The first-order valence-corrected chi connectivity index (χ1v) is 11.6. The molecule has 2 N–H and O–H groups in total. The second-order valence-electron chi connectivity index (χ2n) is 8.17. The number of quaternary nitrogens is 1. The summed E-state index contributed by atoms with van der Waals surface area (Å²) in [7, 11) is -0.616. The second-order valence-corrected chi connectivity index (χ2v) is 10.1. The molecular weight excluding hydrogens is 402 g/mol. The standard InChI is InChI=1S/C22H27N3O4S/c1-25(30(27,28)24-18-11-7-4-8-12-18)19-13-14-20(29-2)22(25,16-15-19)23-21(26)17-9-5-3-6-10-17/h3-12,19-20,24H,13-16H2,1-2H3/p+1. The molecule has 160 valence electrons. The van der Waals surface area contributed by atoms with Crippen LogP contribution in [0.5, 0.6) is 0 Å². The molecule has 2 saturated heterocycles. The van der Waals surface area contributed by atoms with Gasteiger partial charge in [-0.05, 0) is 30.7 Å². The second kappa shape index (κ2) is 7.68. The molecule has 7 nitrogen and oxygen atoms in total. The average Bonchev–Trinajstić information content (AvgIpc) is 2.91. The van der Waals surface area contributed by atoms with Crippen molar-refractivity contribution in [2.24, 2.45) is 0 Å². The van der Waals surface area contributed by atoms with Gasteiger partial charge in [-0.1, -0.05) is 36.4 Å². The first-order chi connectivity index (χ1) is 14.3. The highest BCUT2D eigenvalue weighted by Crippen LogP contribution is 2.51. The Morgan fingerprint density at radius 1 is 1.03 bits per heavy atom. The molecule has 2 heterocycles. The Hall–Kier alpha value is -2.42. The molecule has 4 atom stereocenters. The normalized spacial score (nSPS) is 30.6. The van der Waals surface area contributed by atoms with Crippen LogP contribution in [0.15, 0.2) is 60.7 Å². The summed E-state index contributed by atoms with van der Waals surface area (Å²) in [6.07, 6.45) is 2.22. The molecule has 8 heteroatoms. The first-order valence-electron chi connectivity index (χ1n) is 10.2. The third-order valence-corrected chi connectivity index (χ3v) is 8.93. The Balaban J connectivity index is 1.77. The van der Waals surface area contributed by atoms with Gasteiger partial charge in [-0.25, -0.2) is 4.72 Å². The van der Waals surface area contributed by atoms with Gasteiger partial charge in [-0.3, -0.25) is 10.1 Å². The molecule has 0 radical (unpaired) electrons. The van der Waals surface area contributed by atoms with Gasteiger partial charge in [-0.2, -0.15) is 12.3 Å². The van der Waals surface area contributed by atoms with Gasteiger partial charge in [0.25, 0.3) is 5.91 Å². The van der Waals surface area contributed by atoms with E-state index in [1.165, 1.54) is 0 Å². The fourth-order valence-corrected chi connectivity index (χ4v) is 7.10. The lowest BCUT2D eigenvalue weighted by atomic mass is 9.93. The predicted octanol–water partition coefficient (Wildman–Crippen LogP) is 2.89. The van der Waals surface area contributed by atoms with Crippen molar-refractivity contribution in [1.82, 2.24) is 5.32 Å². The molecule has 4 unspecified atom stereocenters. The van der Waals surface area contributed by atoms with Crippen molar-refractivity contribution in [3.63, 3.8) is 0 Å². The van der Waals surface area contributed by atoms with E-state index in [2.05, 4.69) is 10.0 Å². The number of piperidine rings is 1. The number of rotatable bonds is 6. The Morgan fingerprint density at radius 3 is 2.30 bits per heavy atom. The third kappa shape index (κ3) is 3.10. The van der Waals surface area contributed by atoms with Crippen LogP contribution in [-0.2, 0) is 14.9 Å². The van der Waals surface area contributed by atoms with Crippen molar-refractivity contribution in [3.05, 3.63) is 66.2 Å². The predicted molar refractivity (Wildman–Crippen MR) is 115 cm³/mol. The summed E-state index contributed by atoms with van der Waals surface area (Å²) in [6.45, 7) is 0. The summed E-state index contributed by atoms with van der Waals surface area (Å²) in [4.78, 5) is 13.1. The Labute approximate surface area is 177 Å². The minimum Gasteiger partial charge on any atom is -0.373 e. The largest absolute Gasteiger partial charge is 0.396 e. The molecule has 2 aliphatic heterocycles. The van der Waals surface area contributed by atoms with Crippen molar-refractivity contribution < 1.29 is 21.8 Å². The number of hydrogen-bond acceptors (Lipinski definition) is 4. The van der Waals surface area contributed by atoms with Crippen LogP contribution in [0.3, 0.4) is 0 Å². The van der Waals surface area contributed by atoms with Crippen LogP contribution >= 0.6 is 0 Å². The topological polar surface area (TPSA) is 84.5 Å². The first kappa shape index (κ1) is 20.8. The van der Waals surface area contributed by atoms with Crippen molar-refractivity contribution in [2.75, 3.05) is 18.9 Å². The minimum atomic E-state index is -3.91. The number of para-hydroxylation sites is 1. The SMILES string of the molecule is COC1CCC2CCC1(NC(=O)c1ccccc1)[N+]2(C)S(=O)(=O)Nc1ccccc1. The number of ether oxygens (including phenoxy) is 1. The van der Waals surface area contributed by atoms with E-state index in [1.807, 2.05) is 12.1 Å². The fourth-order valence-electron chi connectivity index (χ4n) is 5.19. The highest BCUT2D eigenvalue weighted by Gasteiger charge is 2.71. The van der Waals surface area contributed by atoms with Crippen molar-refractivity contribution in [1.29, 1.82) is 0 Å². The molecule has 2 fully saturated rings. The fraction of sp³-hybridized carbons (Fsp3) is 0.409. The van der Waals surface area contributed by atoms with E-state index in [0.717, 1.165) is 0 Å². The highest BCUT2D eigenvalue weighted by atomic mass is 32.2. The Bertz CT molecular complexity index is 1020. The smallest absolute Gasteiger partial charge is 0.373 e. The average molecular weight is 431 g/mol. The number of fused-ring (bicyclic) bond motifs is 2. The summed E-state index contributed by atoms with van der Waals surface area (Å²) >= 11 is 0. The van der Waals surface area contributed by atoms with E-state index in [9.17, 15) is 13.2 Å². The number of benzene rings is 2. The third-order valence-electron chi connectivity index (χ3n) is 6.81. The zero-order valence-electron chi connectivity index (χ0n) is 17.2. The highest BCUT2D eigenvalue weighted by molar-refractivity contribution is 7.87. The van der Waals surface area contributed by atoms with Crippen molar-refractivity contribution >= 4 is 21.8 Å². The molecule has 2 bridgehead atoms. The van der Waals surface area contributed by atoms with Crippen LogP contribution in [-0.4, -0.2) is 50.2 Å². The molecule has 0 saturated carbocycles. The maximum absolute atomic E-state index is 13.8. The number of amides is 1. The van der Waals surface area contributed by atoms with Gasteiger partial charge in [-0.15, -0.1) is 0 Å². The summed E-state index contributed by atoms with van der Waals surface area (Å²) in [5, 5.41) is 3.11. The maximum atomic E-state index is 13.8. The lowest BCUT2D eigenvalue weighted by Crippen LogP contribution is -2.78. The van der Waals surface area contributed by atoms with Gasteiger partial charge in [0.15, 0.2) is 0 Å². The molecule has 0 aliphatic carbocycles. The summed E-state index contributed by atoms with van der Waals surface area (Å²) in [6, 6.07) is 17.6. The van der Waals surface area contributed by atoms with Gasteiger partial charge in [0.2, 0.25) is 5.66 Å². The quantitative estimate of drug-likeness (QED) is 0.690. The van der Waals surface area contributed by atoms with Crippen LogP contribution in [0.25, 0.3) is 0 Å². The van der Waals surface area contributed by atoms with Crippen LogP contribution in [0.2, 0.25) is 0 Å². The number of anilines is 1. The number of nitrogens with one attached hydrogen (secondary N) is 2. The maximum Gasteiger partial charge on any atom is 0.396 e. The van der Waals surface area contributed by atoms with Gasteiger partial charge in [0.05, 0.1) is 12.7 Å². The number of carbonyl (C=O) groups excluding carboxylic acids is 1. The molecule has 2 aromatic rings. The van der Waals surface area contributed by atoms with E-state index in [0.29, 0.717) is 36.9 Å². The van der Waals surface area contributed by atoms with E-state index < -0.39 is 22.0 Å². The number of hydrogen-bond donors (Lipinski definition) is 2. The van der Waals surface area contributed by atoms with E-state index in [-0.39, 0.29) is 15.8 Å². The van der Waals surface area contributed by atoms with Crippen molar-refractivity contribution in [2.45, 2.75) is 43.5 Å². The van der Waals surface area contributed by atoms with Gasteiger partial charge >= 0.3 is 10.2 Å². The summed E-state index contributed by atoms with van der Waals surface area (Å²) in [5.41, 5.74) is -0.0818. The molecular formula is C22H28N3O4S+. The van der Waals surface area contributed by atoms with Crippen molar-refractivity contribution in [3.8, 4) is 0 Å². The number of carbonyl (C=O) groups is 1. The summed E-state index contributed by atoms with van der Waals surface area (Å²) < 4.78 is 35.8. The lowest BCUT2D eigenvalue weighted by molar-refractivity contribution is -0.867. The number of methoxy groups -OCH3 is 1. The van der Waals surface area contributed by atoms with E-state index in [1.54, 1.807) is 62.7 Å². The lowest BCUT2D eigenvalue weighted by Gasteiger charge is -2.52. The summed E-state index contributed by atoms with van der Waals surface area (Å²) in [5.74, 6) is -0.292. The molecule has 4 rings (SSSR count). The number of nitrogens with zero attached hydrogens (tertiary/aromatic N) is 1. The zero-order chi connectivity index (χ0) is 21.4. The van der Waals surface area contributed by atoms with Crippen LogP contribution in [0, 0.1) is 0 Å². The van der Waals surface area contributed by atoms with Gasteiger partial charge in [0, 0.05) is 31.9 Å². The molecule has 30 heavy (non-hydrogen) atoms. The van der Waals surface area contributed by atoms with Crippen LogP contribution < -0.4 is 10.0 Å². The molecule has 2 aliphatic rings. The van der Waals surface area contributed by atoms with Gasteiger partial charge in [0.1, 0.15) is 12.1 Å². The monoisotopic (exact) mass is 430 g/mol. The molecule has 1 amide bonds. The zero-order valence-corrected chi connectivity index (χ0v) is 18.1. The minimum absolute atomic E-state index is 0.131. The number of likely N-dealkylation sites (N-methyl/N-ethyl adjacent to an activating group) is 1. The van der Waals surface area contributed by atoms with E-state index >= 15 is 0 Å². The molecule has 2 aromatic carbocycles. The Kier molecular flexibility index (Phi) is 5.34. The molecule has 0 aromatic heterocycles. The Morgan fingerprint density at radius 2 is 1.67 bits per heavy atom. The molecule has 0 spiro atoms. The van der Waals surface area contributed by atoms with E-state index in [4.69, 9.17) is 4.74 Å².